The Labute approximate surface area is 133 Å². The highest BCUT2D eigenvalue weighted by Crippen LogP contribution is 2.16. The molecule has 0 saturated heterocycles. The first kappa shape index (κ1) is 14.9. The van der Waals surface area contributed by atoms with Crippen LogP contribution in [0.3, 0.4) is 0 Å². The summed E-state index contributed by atoms with van der Waals surface area (Å²) >= 11 is 0. The summed E-state index contributed by atoms with van der Waals surface area (Å²) in [4.78, 5) is 16.0. The summed E-state index contributed by atoms with van der Waals surface area (Å²) in [6, 6.07) is 16.2. The van der Waals surface area contributed by atoms with Crippen LogP contribution in [0, 0.1) is 0 Å². The molecule has 1 amide bonds. The predicted octanol–water partition coefficient (Wildman–Crippen LogP) is 2.00. The van der Waals surface area contributed by atoms with E-state index in [1.54, 1.807) is 47.4 Å². The second-order valence-electron chi connectivity index (χ2n) is 5.09. The van der Waals surface area contributed by atoms with Crippen LogP contribution in [-0.2, 0) is 11.3 Å². The van der Waals surface area contributed by atoms with Gasteiger partial charge in [-0.3, -0.25) is 4.79 Å². The molecular weight excluding hydrogens is 292 g/mol. The fourth-order valence-electron chi connectivity index (χ4n) is 2.19. The van der Waals surface area contributed by atoms with E-state index in [2.05, 4.69) is 15.4 Å². The highest BCUT2D eigenvalue weighted by molar-refractivity contribution is 5.94. The van der Waals surface area contributed by atoms with Crippen molar-refractivity contribution in [2.24, 2.45) is 0 Å². The first-order valence-electron chi connectivity index (χ1n) is 7.17. The minimum Gasteiger partial charge on any atom is -0.378 e. The number of aliphatic hydroxyl groups is 1. The third-order valence-corrected chi connectivity index (χ3v) is 3.40. The Balaban J connectivity index is 1.62. The third kappa shape index (κ3) is 3.81. The summed E-state index contributed by atoms with van der Waals surface area (Å²) in [6.07, 6.45) is 1.94. The van der Waals surface area contributed by atoms with Crippen LogP contribution in [-0.4, -0.2) is 25.8 Å². The lowest BCUT2D eigenvalue weighted by Crippen LogP contribution is -2.20. The van der Waals surface area contributed by atoms with Crippen molar-refractivity contribution in [2.75, 3.05) is 5.32 Å². The van der Waals surface area contributed by atoms with Crippen molar-refractivity contribution in [1.29, 1.82) is 0 Å². The van der Waals surface area contributed by atoms with Crippen molar-refractivity contribution in [2.45, 2.75) is 12.6 Å². The maximum atomic E-state index is 12.1. The number of anilines is 1. The van der Waals surface area contributed by atoms with Crippen molar-refractivity contribution < 1.29 is 9.90 Å². The van der Waals surface area contributed by atoms with E-state index in [0.29, 0.717) is 17.8 Å². The minimum absolute atomic E-state index is 0.458. The van der Waals surface area contributed by atoms with Crippen molar-refractivity contribution >= 4 is 11.6 Å². The summed E-state index contributed by atoms with van der Waals surface area (Å²) in [5.41, 5.74) is 2.23. The first-order valence-corrected chi connectivity index (χ1v) is 7.17. The first-order chi connectivity index (χ1) is 11.2. The quantitative estimate of drug-likeness (QED) is 0.755. The Morgan fingerprint density at radius 3 is 2.52 bits per heavy atom. The molecule has 0 aliphatic heterocycles. The predicted molar refractivity (Wildman–Crippen MR) is 85.6 cm³/mol. The Kier molecular flexibility index (Phi) is 4.44. The van der Waals surface area contributed by atoms with Gasteiger partial charge >= 0.3 is 0 Å². The Hall–Kier alpha value is -2.99. The zero-order chi connectivity index (χ0) is 16.1. The lowest BCUT2D eigenvalue weighted by Gasteiger charge is -2.12. The van der Waals surface area contributed by atoms with Crippen LogP contribution in [0.2, 0.25) is 0 Å². The second-order valence-corrected chi connectivity index (χ2v) is 5.09. The molecule has 0 radical (unpaired) electrons. The van der Waals surface area contributed by atoms with Crippen molar-refractivity contribution in [1.82, 2.24) is 14.8 Å². The summed E-state index contributed by atoms with van der Waals surface area (Å²) < 4.78 is 1.72. The molecule has 1 heterocycles. The van der Waals surface area contributed by atoms with E-state index in [0.717, 1.165) is 5.56 Å². The molecule has 3 aromatic rings. The summed E-state index contributed by atoms with van der Waals surface area (Å²) in [5, 5.41) is 16.8. The van der Waals surface area contributed by atoms with Gasteiger partial charge in [0, 0.05) is 5.69 Å². The van der Waals surface area contributed by atoms with Gasteiger partial charge < -0.3 is 10.4 Å². The fourth-order valence-corrected chi connectivity index (χ4v) is 2.19. The molecule has 0 spiro atoms. The number of aromatic nitrogens is 3. The number of nitrogens with zero attached hydrogens (tertiary/aromatic N) is 3. The van der Waals surface area contributed by atoms with Crippen LogP contribution >= 0.6 is 0 Å². The maximum absolute atomic E-state index is 12.1. The van der Waals surface area contributed by atoms with Gasteiger partial charge in [0.15, 0.2) is 6.10 Å². The number of carbonyl (C=O) groups excluding carboxylic acids is 1. The van der Waals surface area contributed by atoms with Crippen LogP contribution in [0.5, 0.6) is 0 Å². The van der Waals surface area contributed by atoms with Crippen molar-refractivity contribution in [3.05, 3.63) is 78.4 Å². The van der Waals surface area contributed by atoms with Gasteiger partial charge in [0.25, 0.3) is 5.91 Å². The van der Waals surface area contributed by atoms with E-state index in [-0.39, 0.29) is 0 Å². The summed E-state index contributed by atoms with van der Waals surface area (Å²) in [7, 11) is 0. The smallest absolute Gasteiger partial charge is 0.257 e. The van der Waals surface area contributed by atoms with Gasteiger partial charge in [0.1, 0.15) is 12.7 Å². The van der Waals surface area contributed by atoms with E-state index in [4.69, 9.17) is 0 Å². The number of hydrogen-bond donors (Lipinski definition) is 2. The average molecular weight is 308 g/mol. The van der Waals surface area contributed by atoms with E-state index >= 15 is 0 Å². The lowest BCUT2D eigenvalue weighted by atomic mass is 10.1. The molecule has 1 aromatic heterocycles. The second kappa shape index (κ2) is 6.85. The number of rotatable bonds is 5. The Bertz CT molecular complexity index is 755. The van der Waals surface area contributed by atoms with Crippen molar-refractivity contribution in [3.63, 3.8) is 0 Å². The molecule has 1 unspecified atom stereocenters. The van der Waals surface area contributed by atoms with Gasteiger partial charge in [-0.25, -0.2) is 9.67 Å². The molecule has 6 nitrogen and oxygen atoms in total. The lowest BCUT2D eigenvalue weighted by molar-refractivity contribution is -0.124. The fraction of sp³-hybridized carbons (Fsp3) is 0.118. The highest BCUT2D eigenvalue weighted by Gasteiger charge is 2.16. The van der Waals surface area contributed by atoms with Crippen LogP contribution < -0.4 is 5.32 Å². The van der Waals surface area contributed by atoms with Gasteiger partial charge in [-0.05, 0) is 23.3 Å². The highest BCUT2D eigenvalue weighted by atomic mass is 16.3. The van der Waals surface area contributed by atoms with Gasteiger partial charge in [-0.15, -0.1) is 0 Å². The molecule has 0 saturated carbocycles. The normalized spacial score (nSPS) is 11.9. The number of aliphatic hydroxyl groups excluding tert-OH is 1. The molecular formula is C17H16N4O2. The summed E-state index contributed by atoms with van der Waals surface area (Å²) in [6.45, 7) is 0.612. The Morgan fingerprint density at radius 1 is 1.13 bits per heavy atom. The van der Waals surface area contributed by atoms with Crippen LogP contribution in [0.25, 0.3) is 0 Å². The Morgan fingerprint density at radius 2 is 1.87 bits per heavy atom. The van der Waals surface area contributed by atoms with Gasteiger partial charge in [-0.2, -0.15) is 5.10 Å². The zero-order valence-corrected chi connectivity index (χ0v) is 12.3. The van der Waals surface area contributed by atoms with Crippen molar-refractivity contribution in [3.8, 4) is 0 Å². The molecule has 2 N–H and O–H groups in total. The minimum atomic E-state index is -1.19. The zero-order valence-electron chi connectivity index (χ0n) is 12.3. The number of hydrogen-bond acceptors (Lipinski definition) is 4. The molecule has 0 bridgehead atoms. The number of carbonyl (C=O) groups is 1. The number of nitrogens with one attached hydrogen (secondary N) is 1. The molecule has 116 valence electrons. The van der Waals surface area contributed by atoms with Crippen LogP contribution in [0.4, 0.5) is 5.69 Å². The molecule has 3 rings (SSSR count). The third-order valence-electron chi connectivity index (χ3n) is 3.40. The maximum Gasteiger partial charge on any atom is 0.257 e. The number of amides is 1. The molecule has 0 fully saturated rings. The van der Waals surface area contributed by atoms with E-state index in [1.165, 1.54) is 6.33 Å². The monoisotopic (exact) mass is 308 g/mol. The average Bonchev–Trinajstić information content (AvgIpc) is 3.10. The molecule has 0 aliphatic carbocycles. The van der Waals surface area contributed by atoms with Gasteiger partial charge in [0.2, 0.25) is 0 Å². The molecule has 0 aliphatic rings. The van der Waals surface area contributed by atoms with Crippen LogP contribution in [0.1, 0.15) is 17.2 Å². The topological polar surface area (TPSA) is 80.0 Å². The standard InChI is InChI=1S/C17H16N4O2/c22-16(14-4-2-1-3-5-14)17(23)20-15-8-6-13(7-9-15)10-21-12-18-11-19-21/h1-9,11-12,16,22H,10H2,(H,20,23). The molecule has 23 heavy (non-hydrogen) atoms. The SMILES string of the molecule is O=C(Nc1ccc(Cn2cncn2)cc1)C(O)c1ccccc1. The van der Waals surface area contributed by atoms with Gasteiger partial charge in [0.05, 0.1) is 6.54 Å². The summed E-state index contributed by atoms with van der Waals surface area (Å²) in [5.74, 6) is -0.458. The van der Waals surface area contributed by atoms with E-state index in [9.17, 15) is 9.90 Å². The number of benzene rings is 2. The largest absolute Gasteiger partial charge is 0.378 e. The van der Waals surface area contributed by atoms with E-state index < -0.39 is 12.0 Å². The van der Waals surface area contributed by atoms with E-state index in [1.807, 2.05) is 18.2 Å². The molecule has 2 aromatic carbocycles. The molecule has 1 atom stereocenters. The van der Waals surface area contributed by atoms with Gasteiger partial charge in [-0.1, -0.05) is 42.5 Å². The molecule has 6 heteroatoms. The van der Waals surface area contributed by atoms with Crippen LogP contribution in [0.15, 0.2) is 67.3 Å².